The predicted molar refractivity (Wildman–Crippen MR) is 74.6 cm³/mol. The van der Waals surface area contributed by atoms with Crippen LogP contribution in [0.1, 0.15) is 19.8 Å². The first-order chi connectivity index (χ1) is 8.29. The highest BCUT2D eigenvalue weighted by molar-refractivity contribution is 7.19. The summed E-state index contributed by atoms with van der Waals surface area (Å²) in [6.07, 6.45) is 2.26. The normalized spacial score (nSPS) is 10.4. The van der Waals surface area contributed by atoms with Crippen LogP contribution in [-0.4, -0.2) is 6.61 Å². The van der Waals surface area contributed by atoms with E-state index in [4.69, 9.17) is 10.5 Å². The molecule has 0 bridgehead atoms. The molecule has 0 saturated carbocycles. The number of nitrogens with two attached hydrogens (primary N) is 1. The van der Waals surface area contributed by atoms with Crippen LogP contribution < -0.4 is 10.5 Å². The predicted octanol–water partition coefficient (Wildman–Crippen LogP) is 4.18. The van der Waals surface area contributed by atoms with Crippen molar-refractivity contribution < 1.29 is 4.74 Å². The maximum absolute atomic E-state index is 5.72. The third kappa shape index (κ3) is 3.24. The number of nitrogen functional groups attached to an aromatic ring is 1. The van der Waals surface area contributed by atoms with Crippen LogP contribution in [0.3, 0.4) is 0 Å². The van der Waals surface area contributed by atoms with E-state index in [0.717, 1.165) is 30.2 Å². The fraction of sp³-hybridized carbons (Fsp3) is 0.286. The molecule has 0 aliphatic heterocycles. The van der Waals surface area contributed by atoms with Gasteiger partial charge in [-0.05, 0) is 48.4 Å². The van der Waals surface area contributed by atoms with Crippen molar-refractivity contribution in [3.05, 3.63) is 36.4 Å². The lowest BCUT2D eigenvalue weighted by atomic mass is 10.2. The maximum atomic E-state index is 5.72. The molecule has 1 heterocycles. The first kappa shape index (κ1) is 12.0. The summed E-state index contributed by atoms with van der Waals surface area (Å²) in [5, 5.41) is 0.850. The van der Waals surface area contributed by atoms with E-state index in [1.165, 1.54) is 10.4 Å². The molecule has 0 fully saturated rings. The Balaban J connectivity index is 2.02. The highest BCUT2D eigenvalue weighted by Gasteiger charge is 2.01. The van der Waals surface area contributed by atoms with Crippen LogP contribution in [0.25, 0.3) is 10.4 Å². The van der Waals surface area contributed by atoms with Gasteiger partial charge in [-0.25, -0.2) is 0 Å². The van der Waals surface area contributed by atoms with E-state index in [2.05, 4.69) is 19.1 Å². The van der Waals surface area contributed by atoms with Gasteiger partial charge in [-0.15, -0.1) is 11.3 Å². The molecule has 2 aromatic rings. The van der Waals surface area contributed by atoms with Crippen molar-refractivity contribution in [1.29, 1.82) is 0 Å². The second-order valence-electron chi connectivity index (χ2n) is 3.93. The zero-order valence-electron chi connectivity index (χ0n) is 9.98. The van der Waals surface area contributed by atoms with Crippen LogP contribution in [0.4, 0.5) is 5.00 Å². The van der Waals surface area contributed by atoms with Crippen molar-refractivity contribution in [2.24, 2.45) is 0 Å². The Kier molecular flexibility index (Phi) is 4.04. The number of thiophene rings is 1. The van der Waals surface area contributed by atoms with Crippen molar-refractivity contribution in [2.45, 2.75) is 19.8 Å². The van der Waals surface area contributed by atoms with Crippen LogP contribution in [0.2, 0.25) is 0 Å². The molecule has 2 N–H and O–H groups in total. The van der Waals surface area contributed by atoms with E-state index in [-0.39, 0.29) is 0 Å². The van der Waals surface area contributed by atoms with Crippen LogP contribution in [0.5, 0.6) is 5.75 Å². The van der Waals surface area contributed by atoms with Crippen molar-refractivity contribution in [2.75, 3.05) is 12.3 Å². The maximum Gasteiger partial charge on any atom is 0.119 e. The van der Waals surface area contributed by atoms with Crippen LogP contribution in [-0.2, 0) is 0 Å². The lowest BCUT2D eigenvalue weighted by Gasteiger charge is -2.05. The molecular formula is C14H17NOS. The summed E-state index contributed by atoms with van der Waals surface area (Å²) in [6.45, 7) is 2.95. The van der Waals surface area contributed by atoms with Gasteiger partial charge in [0.05, 0.1) is 11.6 Å². The highest BCUT2D eigenvalue weighted by Crippen LogP contribution is 2.30. The third-order valence-corrected chi connectivity index (χ3v) is 3.50. The topological polar surface area (TPSA) is 35.2 Å². The quantitative estimate of drug-likeness (QED) is 0.805. The lowest BCUT2D eigenvalue weighted by molar-refractivity contribution is 0.309. The largest absolute Gasteiger partial charge is 0.494 e. The minimum atomic E-state index is 0.793. The summed E-state index contributed by atoms with van der Waals surface area (Å²) in [4.78, 5) is 1.20. The summed E-state index contributed by atoms with van der Waals surface area (Å²) >= 11 is 1.61. The van der Waals surface area contributed by atoms with E-state index in [9.17, 15) is 0 Å². The molecule has 0 aliphatic carbocycles. The summed E-state index contributed by atoms with van der Waals surface area (Å²) in [5.74, 6) is 0.937. The average molecular weight is 247 g/mol. The van der Waals surface area contributed by atoms with E-state index in [0.29, 0.717) is 0 Å². The molecule has 0 saturated heterocycles. The van der Waals surface area contributed by atoms with Gasteiger partial charge in [0.15, 0.2) is 0 Å². The Bertz CT molecular complexity index is 461. The first-order valence-corrected chi connectivity index (χ1v) is 6.70. The van der Waals surface area contributed by atoms with Gasteiger partial charge in [0.25, 0.3) is 0 Å². The summed E-state index contributed by atoms with van der Waals surface area (Å²) < 4.78 is 5.62. The molecule has 0 amide bonds. The Morgan fingerprint density at radius 3 is 2.47 bits per heavy atom. The zero-order chi connectivity index (χ0) is 12.1. The molecular weight excluding hydrogens is 230 g/mol. The number of hydrogen-bond acceptors (Lipinski definition) is 3. The Hall–Kier alpha value is -1.48. The van der Waals surface area contributed by atoms with E-state index in [1.54, 1.807) is 11.3 Å². The van der Waals surface area contributed by atoms with E-state index >= 15 is 0 Å². The number of anilines is 1. The second-order valence-corrected chi connectivity index (χ2v) is 5.04. The van der Waals surface area contributed by atoms with Gasteiger partial charge in [0, 0.05) is 4.88 Å². The summed E-state index contributed by atoms with van der Waals surface area (Å²) in [5.41, 5.74) is 6.91. The fourth-order valence-corrected chi connectivity index (χ4v) is 2.34. The molecule has 2 nitrogen and oxygen atoms in total. The SMILES string of the molecule is CCCCOc1ccc(-c2ccc(N)s2)cc1. The van der Waals surface area contributed by atoms with E-state index < -0.39 is 0 Å². The molecule has 1 aromatic carbocycles. The third-order valence-electron chi connectivity index (χ3n) is 2.53. The Morgan fingerprint density at radius 2 is 1.88 bits per heavy atom. The molecule has 2 rings (SSSR count). The number of unbranched alkanes of at least 4 members (excludes halogenated alkanes) is 1. The number of ether oxygens (including phenoxy) is 1. The van der Waals surface area contributed by atoms with Crippen molar-refractivity contribution in [3.63, 3.8) is 0 Å². The Labute approximate surface area is 106 Å². The van der Waals surface area contributed by atoms with Crippen LogP contribution in [0.15, 0.2) is 36.4 Å². The average Bonchev–Trinajstić information content (AvgIpc) is 2.77. The first-order valence-electron chi connectivity index (χ1n) is 5.88. The van der Waals surface area contributed by atoms with Gasteiger partial charge in [0.2, 0.25) is 0 Å². The molecule has 1 aromatic heterocycles. The number of benzene rings is 1. The number of hydrogen-bond donors (Lipinski definition) is 1. The standard InChI is InChI=1S/C14H17NOS/c1-2-3-10-16-12-6-4-11(5-7-12)13-8-9-14(15)17-13/h4-9H,2-3,10,15H2,1H3. The molecule has 0 aliphatic rings. The fourth-order valence-electron chi connectivity index (χ4n) is 1.56. The van der Waals surface area contributed by atoms with Crippen molar-refractivity contribution in [1.82, 2.24) is 0 Å². The summed E-state index contributed by atoms with van der Waals surface area (Å²) in [7, 11) is 0. The van der Waals surface area contributed by atoms with Crippen molar-refractivity contribution in [3.8, 4) is 16.2 Å². The Morgan fingerprint density at radius 1 is 1.12 bits per heavy atom. The van der Waals surface area contributed by atoms with Gasteiger partial charge in [-0.3, -0.25) is 0 Å². The minimum absolute atomic E-state index is 0.793. The van der Waals surface area contributed by atoms with E-state index in [1.807, 2.05) is 24.3 Å². The van der Waals surface area contributed by atoms with Gasteiger partial charge in [-0.2, -0.15) is 0 Å². The highest BCUT2D eigenvalue weighted by atomic mass is 32.1. The molecule has 0 atom stereocenters. The van der Waals surface area contributed by atoms with Gasteiger partial charge >= 0.3 is 0 Å². The summed E-state index contributed by atoms with van der Waals surface area (Å²) in [6, 6.07) is 12.2. The van der Waals surface area contributed by atoms with Gasteiger partial charge in [0.1, 0.15) is 5.75 Å². The lowest BCUT2D eigenvalue weighted by Crippen LogP contribution is -1.95. The molecule has 90 valence electrons. The monoisotopic (exact) mass is 247 g/mol. The van der Waals surface area contributed by atoms with Crippen LogP contribution >= 0.6 is 11.3 Å². The molecule has 0 radical (unpaired) electrons. The van der Waals surface area contributed by atoms with Gasteiger partial charge in [-0.1, -0.05) is 13.3 Å². The zero-order valence-corrected chi connectivity index (χ0v) is 10.8. The smallest absolute Gasteiger partial charge is 0.119 e. The second kappa shape index (κ2) is 5.73. The number of rotatable bonds is 5. The minimum Gasteiger partial charge on any atom is -0.494 e. The molecule has 17 heavy (non-hydrogen) atoms. The van der Waals surface area contributed by atoms with Crippen molar-refractivity contribution >= 4 is 16.3 Å². The molecule has 0 unspecified atom stereocenters. The van der Waals surface area contributed by atoms with Gasteiger partial charge < -0.3 is 10.5 Å². The van der Waals surface area contributed by atoms with Crippen LogP contribution in [0, 0.1) is 0 Å². The molecule has 0 spiro atoms. The molecule has 3 heteroatoms.